The average Bonchev–Trinajstić information content (AvgIpc) is 3.53. The molecular formula is C28H29N5OS. The molecule has 4 aromatic rings. The maximum absolute atomic E-state index is 13.2. The van der Waals surface area contributed by atoms with E-state index in [1.807, 2.05) is 30.5 Å². The summed E-state index contributed by atoms with van der Waals surface area (Å²) in [6.07, 6.45) is 5.21. The highest BCUT2D eigenvalue weighted by Crippen LogP contribution is 2.40. The van der Waals surface area contributed by atoms with Gasteiger partial charge in [-0.2, -0.15) is 5.21 Å². The zero-order valence-electron chi connectivity index (χ0n) is 20.3. The number of thioether (sulfide) groups is 1. The van der Waals surface area contributed by atoms with Gasteiger partial charge in [0.15, 0.2) is 0 Å². The lowest BCUT2D eigenvalue weighted by Crippen LogP contribution is -2.12. The van der Waals surface area contributed by atoms with Crippen LogP contribution >= 0.6 is 11.8 Å². The molecule has 6 nitrogen and oxygen atoms in total. The summed E-state index contributed by atoms with van der Waals surface area (Å²) in [5.41, 5.74) is 6.16. The van der Waals surface area contributed by atoms with E-state index in [1.165, 1.54) is 18.4 Å². The number of tetrazole rings is 1. The summed E-state index contributed by atoms with van der Waals surface area (Å²) in [6.45, 7) is 6.48. The second-order valence-electron chi connectivity index (χ2n) is 10.1. The number of hydrogen-bond donors (Lipinski definition) is 1. The molecule has 1 aliphatic carbocycles. The van der Waals surface area contributed by atoms with Gasteiger partial charge in [-0.3, -0.25) is 4.79 Å². The van der Waals surface area contributed by atoms with Gasteiger partial charge in [0.2, 0.25) is 5.82 Å². The molecule has 7 heteroatoms. The Morgan fingerprint density at radius 3 is 2.43 bits per heavy atom. The van der Waals surface area contributed by atoms with E-state index in [-0.39, 0.29) is 10.5 Å². The lowest BCUT2D eigenvalue weighted by molar-refractivity contribution is -0.117. The van der Waals surface area contributed by atoms with Gasteiger partial charge in [0, 0.05) is 34.9 Å². The number of carbonyl (C=O) groups is 1. The molecule has 1 aliphatic rings. The number of pyridine rings is 1. The first-order chi connectivity index (χ1) is 16.9. The maximum Gasteiger partial charge on any atom is 0.205 e. The average molecular weight is 484 g/mol. The molecular weight excluding hydrogens is 454 g/mol. The molecule has 2 heterocycles. The minimum absolute atomic E-state index is 0.0203. The molecule has 0 atom stereocenters. The van der Waals surface area contributed by atoms with Gasteiger partial charge in [-0.1, -0.05) is 69.3 Å². The van der Waals surface area contributed by atoms with Crippen molar-refractivity contribution in [2.24, 2.45) is 0 Å². The van der Waals surface area contributed by atoms with Crippen LogP contribution in [0.4, 0.5) is 0 Å². The summed E-state index contributed by atoms with van der Waals surface area (Å²) in [5.74, 6) is 1.44. The first-order valence-corrected chi connectivity index (χ1v) is 12.8. The number of ketones is 1. The number of hydrogen-bond acceptors (Lipinski definition) is 6. The molecule has 2 aromatic heterocycles. The van der Waals surface area contributed by atoms with Crippen molar-refractivity contribution in [3.05, 3.63) is 77.5 Å². The zero-order valence-corrected chi connectivity index (χ0v) is 21.1. The highest BCUT2D eigenvalue weighted by molar-refractivity contribution is 8.00. The molecule has 0 amide bonds. The second kappa shape index (κ2) is 9.74. The Labute approximate surface area is 210 Å². The molecule has 1 N–H and O–H groups in total. The normalized spacial score (nSPS) is 13.7. The van der Waals surface area contributed by atoms with Gasteiger partial charge < -0.3 is 0 Å². The van der Waals surface area contributed by atoms with Crippen molar-refractivity contribution >= 4 is 17.5 Å². The van der Waals surface area contributed by atoms with Crippen LogP contribution in [0.5, 0.6) is 0 Å². The fourth-order valence-electron chi connectivity index (χ4n) is 4.19. The lowest BCUT2D eigenvalue weighted by atomic mass is 9.97. The summed E-state index contributed by atoms with van der Waals surface area (Å²) in [6, 6.07) is 18.6. The van der Waals surface area contributed by atoms with Gasteiger partial charge >= 0.3 is 0 Å². The van der Waals surface area contributed by atoms with Crippen molar-refractivity contribution in [3.8, 4) is 22.5 Å². The predicted octanol–water partition coefficient (Wildman–Crippen LogP) is 6.05. The van der Waals surface area contributed by atoms with E-state index >= 15 is 0 Å². The highest BCUT2D eigenvalue weighted by atomic mass is 32.2. The van der Waals surface area contributed by atoms with Crippen molar-refractivity contribution in [3.63, 3.8) is 0 Å². The monoisotopic (exact) mass is 483 g/mol. The number of aromatic nitrogens is 5. The van der Waals surface area contributed by atoms with Crippen LogP contribution in [0.15, 0.2) is 65.8 Å². The number of benzene rings is 2. The molecule has 35 heavy (non-hydrogen) atoms. The van der Waals surface area contributed by atoms with Crippen LogP contribution in [0.25, 0.3) is 22.5 Å². The molecule has 2 aromatic carbocycles. The number of nitrogens with one attached hydrogen (secondary N) is 1. The van der Waals surface area contributed by atoms with Crippen molar-refractivity contribution in [1.29, 1.82) is 0 Å². The fourth-order valence-corrected chi connectivity index (χ4v) is 5.13. The Balaban J connectivity index is 1.43. The van der Waals surface area contributed by atoms with Crippen molar-refractivity contribution in [2.75, 3.05) is 0 Å². The largest absolute Gasteiger partial charge is 0.299 e. The molecule has 0 aliphatic heterocycles. The van der Waals surface area contributed by atoms with Gasteiger partial charge in [0.05, 0.1) is 0 Å². The number of aromatic amines is 1. The van der Waals surface area contributed by atoms with E-state index in [1.54, 1.807) is 11.8 Å². The van der Waals surface area contributed by atoms with E-state index in [2.05, 4.69) is 71.7 Å². The van der Waals surface area contributed by atoms with Crippen LogP contribution in [0, 0.1) is 0 Å². The SMILES string of the molecule is CC(C)(C)Sc1ncc(-c2ccccc2-c2nn[nH]n2)cc1CC(=O)Cc1ccc(C2CC2)cc1. The Kier molecular flexibility index (Phi) is 6.52. The van der Waals surface area contributed by atoms with Crippen molar-refractivity contribution in [1.82, 2.24) is 25.6 Å². The molecule has 0 unspecified atom stereocenters. The summed E-state index contributed by atoms with van der Waals surface area (Å²) < 4.78 is -0.0203. The highest BCUT2D eigenvalue weighted by Gasteiger charge is 2.23. The standard InChI is InChI=1S/C28H29N5OS/c1-28(2,3)35-27-21(16-23(34)14-18-8-10-19(11-9-18)20-12-13-20)15-22(17-29-27)24-6-4-5-7-25(24)26-30-32-33-31-26/h4-11,15,17,20H,12-14,16H2,1-3H3,(H,30,31,32,33). The van der Waals surface area contributed by atoms with Gasteiger partial charge in [-0.15, -0.1) is 22.0 Å². The Morgan fingerprint density at radius 2 is 1.77 bits per heavy atom. The second-order valence-corrected chi connectivity index (χ2v) is 11.9. The summed E-state index contributed by atoms with van der Waals surface area (Å²) in [5, 5.41) is 15.4. The number of Topliss-reactive ketones (excluding diaryl/α,β-unsaturated/α-hetero) is 1. The molecule has 178 valence electrons. The Bertz CT molecular complexity index is 1320. The number of H-pyrrole nitrogens is 1. The molecule has 5 rings (SSSR count). The van der Waals surface area contributed by atoms with Crippen LogP contribution in [-0.4, -0.2) is 36.1 Å². The molecule has 1 saturated carbocycles. The van der Waals surface area contributed by atoms with Gasteiger partial charge in [-0.05, 0) is 52.3 Å². The van der Waals surface area contributed by atoms with Gasteiger partial charge in [0.25, 0.3) is 0 Å². The van der Waals surface area contributed by atoms with Crippen LogP contribution in [-0.2, 0) is 17.6 Å². The number of rotatable bonds is 8. The molecule has 1 fully saturated rings. The lowest BCUT2D eigenvalue weighted by Gasteiger charge is -2.20. The number of carbonyl (C=O) groups excluding carboxylic acids is 1. The fraction of sp³-hybridized carbons (Fsp3) is 0.321. The zero-order chi connectivity index (χ0) is 24.4. The summed E-state index contributed by atoms with van der Waals surface area (Å²) >= 11 is 1.69. The van der Waals surface area contributed by atoms with Crippen LogP contribution in [0.1, 0.15) is 56.2 Å². The minimum atomic E-state index is -0.0203. The van der Waals surface area contributed by atoms with Crippen molar-refractivity contribution < 1.29 is 4.79 Å². The van der Waals surface area contributed by atoms with Gasteiger partial charge in [-0.25, -0.2) is 4.98 Å². The summed E-state index contributed by atoms with van der Waals surface area (Å²) in [7, 11) is 0. The summed E-state index contributed by atoms with van der Waals surface area (Å²) in [4.78, 5) is 18.0. The van der Waals surface area contributed by atoms with Gasteiger partial charge in [0.1, 0.15) is 10.8 Å². The topological polar surface area (TPSA) is 84.4 Å². The third-order valence-corrected chi connectivity index (χ3v) is 7.14. The third kappa shape index (κ3) is 5.85. The smallest absolute Gasteiger partial charge is 0.205 e. The number of nitrogens with zero attached hydrogens (tertiary/aromatic N) is 4. The van der Waals surface area contributed by atoms with Crippen LogP contribution < -0.4 is 0 Å². The van der Waals surface area contributed by atoms with E-state index in [0.29, 0.717) is 18.7 Å². The van der Waals surface area contributed by atoms with Crippen LogP contribution in [0.3, 0.4) is 0 Å². The maximum atomic E-state index is 13.2. The van der Waals surface area contributed by atoms with E-state index in [0.717, 1.165) is 38.8 Å². The Hall–Kier alpha value is -3.32. The predicted molar refractivity (Wildman–Crippen MR) is 139 cm³/mol. The molecule has 0 radical (unpaired) electrons. The molecule has 0 spiro atoms. The Morgan fingerprint density at radius 1 is 1.03 bits per heavy atom. The van der Waals surface area contributed by atoms with Crippen molar-refractivity contribution in [2.45, 2.75) is 62.1 Å². The quantitative estimate of drug-likeness (QED) is 0.307. The first-order valence-electron chi connectivity index (χ1n) is 12.0. The molecule has 0 saturated heterocycles. The first kappa shape index (κ1) is 23.4. The van der Waals surface area contributed by atoms with E-state index in [4.69, 9.17) is 4.98 Å². The van der Waals surface area contributed by atoms with E-state index < -0.39 is 0 Å². The van der Waals surface area contributed by atoms with E-state index in [9.17, 15) is 4.79 Å². The third-order valence-electron chi connectivity index (χ3n) is 5.97. The molecule has 0 bridgehead atoms. The minimum Gasteiger partial charge on any atom is -0.299 e. The van der Waals surface area contributed by atoms with Crippen LogP contribution in [0.2, 0.25) is 0 Å².